The van der Waals surface area contributed by atoms with Gasteiger partial charge in [0.2, 0.25) is 6.41 Å². The van der Waals surface area contributed by atoms with E-state index in [4.69, 9.17) is 10.4 Å². The highest BCUT2D eigenvalue weighted by molar-refractivity contribution is 5.71. The Bertz CT molecular complexity index is 799. The summed E-state index contributed by atoms with van der Waals surface area (Å²) in [5, 5.41) is 20.7. The molecule has 0 fully saturated rings. The number of carbonyl (C=O) groups is 1. The first-order valence-corrected chi connectivity index (χ1v) is 8.05. The molecule has 0 atom stereocenters. The van der Waals surface area contributed by atoms with E-state index in [1.54, 1.807) is 24.3 Å². The highest BCUT2D eigenvalue weighted by Crippen LogP contribution is 2.33. The lowest BCUT2D eigenvalue weighted by Gasteiger charge is -2.20. The second-order valence-corrected chi connectivity index (χ2v) is 5.78. The zero-order valence-corrected chi connectivity index (χ0v) is 13.9. The Hall–Kier alpha value is -3.35. The normalized spacial score (nSPS) is 10.4. The molecular formula is C20H19N3O3. The number of hydrogen-bond donors (Lipinski definition) is 5. The van der Waals surface area contributed by atoms with Gasteiger partial charge in [0.15, 0.2) is 0 Å². The van der Waals surface area contributed by atoms with E-state index in [2.05, 4.69) is 16.3 Å². The third kappa shape index (κ3) is 3.83. The molecule has 0 aliphatic heterocycles. The Balaban J connectivity index is 2.03. The molecule has 0 saturated carbocycles. The molecule has 0 saturated heterocycles. The molecule has 3 aromatic rings. The molecule has 6 nitrogen and oxygen atoms in total. The van der Waals surface area contributed by atoms with E-state index >= 15 is 0 Å². The van der Waals surface area contributed by atoms with Gasteiger partial charge in [0.05, 0.1) is 11.4 Å². The Morgan fingerprint density at radius 3 is 1.27 bits per heavy atom. The number of nitrogens with one attached hydrogen (secondary N) is 3. The van der Waals surface area contributed by atoms with Crippen LogP contribution < -0.4 is 16.3 Å². The minimum absolute atomic E-state index is 0.0410. The van der Waals surface area contributed by atoms with Gasteiger partial charge in [-0.25, -0.2) is 0 Å². The SMILES string of the molecule is O=CNc1ccc(C(c2ccc(NO)cc2)c2ccc(NO)cc2)cc1. The summed E-state index contributed by atoms with van der Waals surface area (Å²) in [6.07, 6.45) is 0.647. The fourth-order valence-electron chi connectivity index (χ4n) is 2.92. The Morgan fingerprint density at radius 2 is 0.962 bits per heavy atom. The third-order valence-corrected chi connectivity index (χ3v) is 4.22. The van der Waals surface area contributed by atoms with Gasteiger partial charge in [-0.2, -0.15) is 0 Å². The lowest BCUT2D eigenvalue weighted by Crippen LogP contribution is -2.04. The van der Waals surface area contributed by atoms with Crippen LogP contribution in [-0.2, 0) is 4.79 Å². The first-order valence-electron chi connectivity index (χ1n) is 8.05. The molecule has 0 heterocycles. The van der Waals surface area contributed by atoms with Crippen LogP contribution in [0.3, 0.4) is 0 Å². The molecular weight excluding hydrogens is 330 g/mol. The summed E-state index contributed by atoms with van der Waals surface area (Å²) in [6.45, 7) is 0. The number of anilines is 3. The van der Waals surface area contributed by atoms with E-state index < -0.39 is 0 Å². The number of rotatable bonds is 7. The fourth-order valence-corrected chi connectivity index (χ4v) is 2.92. The van der Waals surface area contributed by atoms with Gasteiger partial charge in [0, 0.05) is 11.6 Å². The number of carbonyl (C=O) groups excluding carboxylic acids is 1. The predicted molar refractivity (Wildman–Crippen MR) is 101 cm³/mol. The number of hydrogen-bond acceptors (Lipinski definition) is 5. The molecule has 0 bridgehead atoms. The first-order chi connectivity index (χ1) is 12.7. The molecule has 3 aromatic carbocycles. The molecule has 0 radical (unpaired) electrons. The van der Waals surface area contributed by atoms with Crippen molar-refractivity contribution in [2.75, 3.05) is 16.3 Å². The molecule has 5 N–H and O–H groups in total. The van der Waals surface area contributed by atoms with E-state index in [0.717, 1.165) is 22.4 Å². The third-order valence-electron chi connectivity index (χ3n) is 4.22. The smallest absolute Gasteiger partial charge is 0.211 e. The van der Waals surface area contributed by atoms with Crippen LogP contribution in [0.25, 0.3) is 0 Å². The first kappa shape index (κ1) is 17.5. The van der Waals surface area contributed by atoms with Crippen LogP contribution in [0.5, 0.6) is 0 Å². The van der Waals surface area contributed by atoms with Crippen LogP contribution >= 0.6 is 0 Å². The zero-order valence-electron chi connectivity index (χ0n) is 13.9. The van der Waals surface area contributed by atoms with Gasteiger partial charge in [-0.3, -0.25) is 26.2 Å². The Kier molecular flexibility index (Phi) is 5.48. The predicted octanol–water partition coefficient (Wildman–Crippen LogP) is 4.04. The van der Waals surface area contributed by atoms with Crippen molar-refractivity contribution in [3.8, 4) is 0 Å². The van der Waals surface area contributed by atoms with Crippen molar-refractivity contribution in [3.05, 3.63) is 89.5 Å². The van der Waals surface area contributed by atoms with E-state index in [0.29, 0.717) is 17.8 Å². The average Bonchev–Trinajstić information content (AvgIpc) is 2.71. The largest absolute Gasteiger partial charge is 0.329 e. The van der Waals surface area contributed by atoms with E-state index in [1.165, 1.54) is 0 Å². The van der Waals surface area contributed by atoms with Gasteiger partial charge >= 0.3 is 0 Å². The minimum Gasteiger partial charge on any atom is -0.329 e. The molecule has 1 amide bonds. The molecule has 0 spiro atoms. The van der Waals surface area contributed by atoms with Crippen molar-refractivity contribution in [1.29, 1.82) is 0 Å². The summed E-state index contributed by atoms with van der Waals surface area (Å²) in [5.41, 5.74) is 9.35. The maximum Gasteiger partial charge on any atom is 0.211 e. The van der Waals surface area contributed by atoms with Gasteiger partial charge < -0.3 is 5.32 Å². The monoisotopic (exact) mass is 349 g/mol. The summed E-state index contributed by atoms with van der Waals surface area (Å²) < 4.78 is 0. The van der Waals surface area contributed by atoms with Crippen LogP contribution in [0, 0.1) is 0 Å². The van der Waals surface area contributed by atoms with Crippen molar-refractivity contribution in [2.45, 2.75) is 5.92 Å². The molecule has 132 valence electrons. The summed E-state index contributed by atoms with van der Waals surface area (Å²) >= 11 is 0. The quantitative estimate of drug-likeness (QED) is 0.252. The minimum atomic E-state index is -0.0410. The molecule has 0 aliphatic rings. The molecule has 3 rings (SSSR count). The van der Waals surface area contributed by atoms with Gasteiger partial charge in [0.25, 0.3) is 0 Å². The molecule has 0 aromatic heterocycles. The van der Waals surface area contributed by atoms with Gasteiger partial charge in [0.1, 0.15) is 0 Å². The average molecular weight is 349 g/mol. The van der Waals surface area contributed by atoms with Crippen LogP contribution in [0.4, 0.5) is 17.1 Å². The second-order valence-electron chi connectivity index (χ2n) is 5.78. The van der Waals surface area contributed by atoms with Crippen molar-refractivity contribution in [2.24, 2.45) is 0 Å². The van der Waals surface area contributed by atoms with Gasteiger partial charge in [-0.15, -0.1) is 0 Å². The Morgan fingerprint density at radius 1 is 0.615 bits per heavy atom. The topological polar surface area (TPSA) is 93.6 Å². The number of amides is 1. The van der Waals surface area contributed by atoms with E-state index in [1.807, 2.05) is 48.5 Å². The second kappa shape index (κ2) is 8.15. The summed E-state index contributed by atoms with van der Waals surface area (Å²) in [7, 11) is 0. The standard InChI is InChI=1S/C20H19N3O3/c24-13-21-17-7-1-14(2-8-17)20(15-3-9-18(22-25)10-4-15)16-5-11-19(23-26)12-6-16/h1-13,20,22-23,25-26H,(H,21,24). The van der Waals surface area contributed by atoms with Crippen LogP contribution in [0.2, 0.25) is 0 Å². The lowest BCUT2D eigenvalue weighted by molar-refractivity contribution is -0.105. The van der Waals surface area contributed by atoms with E-state index in [9.17, 15) is 4.79 Å². The van der Waals surface area contributed by atoms with Crippen LogP contribution in [0.1, 0.15) is 22.6 Å². The maximum atomic E-state index is 10.6. The van der Waals surface area contributed by atoms with Gasteiger partial charge in [-0.1, -0.05) is 36.4 Å². The van der Waals surface area contributed by atoms with Crippen molar-refractivity contribution >= 4 is 23.5 Å². The number of benzene rings is 3. The highest BCUT2D eigenvalue weighted by atomic mass is 16.5. The van der Waals surface area contributed by atoms with Crippen LogP contribution in [0.15, 0.2) is 72.8 Å². The summed E-state index contributed by atoms with van der Waals surface area (Å²) in [4.78, 5) is 10.6. The summed E-state index contributed by atoms with van der Waals surface area (Å²) in [5.74, 6) is -0.0410. The molecule has 6 heteroatoms. The van der Waals surface area contributed by atoms with Crippen molar-refractivity contribution in [1.82, 2.24) is 0 Å². The fraction of sp³-hybridized carbons (Fsp3) is 0.0500. The maximum absolute atomic E-state index is 10.6. The zero-order chi connectivity index (χ0) is 18.4. The molecule has 0 aliphatic carbocycles. The van der Waals surface area contributed by atoms with Crippen molar-refractivity contribution < 1.29 is 15.2 Å². The lowest BCUT2D eigenvalue weighted by atomic mass is 9.85. The Labute approximate surface area is 151 Å². The van der Waals surface area contributed by atoms with Crippen molar-refractivity contribution in [3.63, 3.8) is 0 Å². The molecule has 26 heavy (non-hydrogen) atoms. The summed E-state index contributed by atoms with van der Waals surface area (Å²) in [6, 6.07) is 22.6. The highest BCUT2D eigenvalue weighted by Gasteiger charge is 2.17. The van der Waals surface area contributed by atoms with Gasteiger partial charge in [-0.05, 0) is 53.1 Å². The molecule has 0 unspecified atom stereocenters. The van der Waals surface area contributed by atoms with E-state index in [-0.39, 0.29) is 5.92 Å². The van der Waals surface area contributed by atoms with Crippen LogP contribution in [-0.4, -0.2) is 16.8 Å².